The van der Waals surface area contributed by atoms with Crippen LogP contribution in [0.3, 0.4) is 0 Å². The lowest BCUT2D eigenvalue weighted by Crippen LogP contribution is -2.06. The molecular weight excluding hydrogens is 202 g/mol. The summed E-state index contributed by atoms with van der Waals surface area (Å²) in [6.07, 6.45) is 1.75. The first-order valence-corrected chi connectivity index (χ1v) is 4.88. The molecule has 0 bridgehead atoms. The van der Waals surface area contributed by atoms with Crippen molar-refractivity contribution in [3.05, 3.63) is 16.6 Å². The maximum atomic E-state index is 5.28. The molecular formula is C7H9N5OS. The minimum atomic E-state index is 0.0369. The second-order valence-corrected chi connectivity index (χ2v) is 3.61. The van der Waals surface area contributed by atoms with Crippen molar-refractivity contribution in [1.82, 2.24) is 15.2 Å². The number of aromatic nitrogens is 3. The van der Waals surface area contributed by atoms with Crippen LogP contribution in [0, 0.1) is 0 Å². The van der Waals surface area contributed by atoms with Crippen molar-refractivity contribution in [2.45, 2.75) is 13.0 Å². The lowest BCUT2D eigenvalue weighted by molar-refractivity contribution is 0.578. The van der Waals surface area contributed by atoms with E-state index in [9.17, 15) is 0 Å². The van der Waals surface area contributed by atoms with Gasteiger partial charge >= 0.3 is 12.0 Å². The number of nitrogens with one attached hydrogen (secondary N) is 1. The third kappa shape index (κ3) is 1.82. The van der Waals surface area contributed by atoms with Gasteiger partial charge in [-0.25, -0.2) is 4.98 Å². The summed E-state index contributed by atoms with van der Waals surface area (Å²) in [5.74, 6) is 0. The van der Waals surface area contributed by atoms with E-state index >= 15 is 0 Å². The molecule has 0 aromatic carbocycles. The molecule has 0 aliphatic heterocycles. The Morgan fingerprint density at radius 3 is 3.00 bits per heavy atom. The minimum Gasteiger partial charge on any atom is -0.390 e. The SMILES string of the molecule is CC(Nc1nnc(N)o1)c1nccs1. The molecule has 0 fully saturated rings. The summed E-state index contributed by atoms with van der Waals surface area (Å²) in [5, 5.41) is 13.1. The molecule has 2 rings (SSSR count). The van der Waals surface area contributed by atoms with Gasteiger partial charge in [0.2, 0.25) is 0 Å². The zero-order valence-electron chi connectivity index (χ0n) is 7.47. The molecule has 2 aromatic heterocycles. The Hall–Kier alpha value is -1.63. The lowest BCUT2D eigenvalue weighted by atomic mass is 10.4. The zero-order valence-corrected chi connectivity index (χ0v) is 8.28. The Morgan fingerprint density at radius 2 is 2.43 bits per heavy atom. The smallest absolute Gasteiger partial charge is 0.317 e. The first kappa shape index (κ1) is 8.95. The Bertz CT molecular complexity index is 398. The highest BCUT2D eigenvalue weighted by molar-refractivity contribution is 7.09. The van der Waals surface area contributed by atoms with Gasteiger partial charge in [-0.1, -0.05) is 10.2 Å². The number of hydrogen-bond donors (Lipinski definition) is 2. The van der Waals surface area contributed by atoms with Gasteiger partial charge in [-0.15, -0.1) is 11.3 Å². The van der Waals surface area contributed by atoms with E-state index in [-0.39, 0.29) is 12.1 Å². The van der Waals surface area contributed by atoms with E-state index in [4.69, 9.17) is 10.2 Å². The molecule has 0 saturated carbocycles. The maximum absolute atomic E-state index is 5.28. The van der Waals surface area contributed by atoms with Crippen molar-refractivity contribution in [1.29, 1.82) is 0 Å². The topological polar surface area (TPSA) is 89.9 Å². The van der Waals surface area contributed by atoms with Gasteiger partial charge in [-0.3, -0.25) is 0 Å². The largest absolute Gasteiger partial charge is 0.390 e. The van der Waals surface area contributed by atoms with Crippen molar-refractivity contribution < 1.29 is 4.42 Å². The van der Waals surface area contributed by atoms with Gasteiger partial charge in [0.1, 0.15) is 5.01 Å². The van der Waals surface area contributed by atoms with Gasteiger partial charge in [0.15, 0.2) is 0 Å². The van der Waals surface area contributed by atoms with E-state index < -0.39 is 0 Å². The van der Waals surface area contributed by atoms with Crippen LogP contribution < -0.4 is 11.1 Å². The summed E-state index contributed by atoms with van der Waals surface area (Å²) in [6.45, 7) is 1.96. The highest BCUT2D eigenvalue weighted by Gasteiger charge is 2.11. The summed E-state index contributed by atoms with van der Waals surface area (Å²) in [4.78, 5) is 4.15. The van der Waals surface area contributed by atoms with Gasteiger partial charge in [-0.05, 0) is 6.92 Å². The fraction of sp³-hybridized carbons (Fsp3) is 0.286. The molecule has 74 valence electrons. The van der Waals surface area contributed by atoms with Gasteiger partial charge in [-0.2, -0.15) is 0 Å². The fourth-order valence-electron chi connectivity index (χ4n) is 0.988. The molecule has 7 heteroatoms. The van der Waals surface area contributed by atoms with Gasteiger partial charge < -0.3 is 15.5 Å². The van der Waals surface area contributed by atoms with Crippen LogP contribution in [-0.4, -0.2) is 15.2 Å². The maximum Gasteiger partial charge on any atom is 0.317 e. The van der Waals surface area contributed by atoms with E-state index in [0.717, 1.165) is 5.01 Å². The monoisotopic (exact) mass is 211 g/mol. The van der Waals surface area contributed by atoms with Crippen LogP contribution in [0.1, 0.15) is 18.0 Å². The van der Waals surface area contributed by atoms with Gasteiger partial charge in [0, 0.05) is 11.6 Å². The summed E-state index contributed by atoms with van der Waals surface area (Å²) in [5.41, 5.74) is 5.28. The Labute approximate surface area is 84.2 Å². The first-order chi connectivity index (χ1) is 6.75. The summed E-state index contributed by atoms with van der Waals surface area (Å²) in [6, 6.07) is 0.402. The number of nitrogens with two attached hydrogens (primary N) is 1. The summed E-state index contributed by atoms with van der Waals surface area (Å²) < 4.78 is 4.97. The number of anilines is 2. The molecule has 6 nitrogen and oxygen atoms in total. The third-order valence-electron chi connectivity index (χ3n) is 1.60. The number of rotatable bonds is 3. The third-order valence-corrected chi connectivity index (χ3v) is 2.56. The Kier molecular flexibility index (Phi) is 2.32. The number of nitrogen functional groups attached to an aromatic ring is 1. The number of thiazole rings is 1. The lowest BCUT2D eigenvalue weighted by Gasteiger charge is -2.07. The second-order valence-electron chi connectivity index (χ2n) is 2.68. The normalized spacial score (nSPS) is 12.6. The van der Waals surface area contributed by atoms with Crippen molar-refractivity contribution in [2.24, 2.45) is 0 Å². The Balaban J connectivity index is 2.05. The van der Waals surface area contributed by atoms with Crippen LogP contribution in [0.15, 0.2) is 16.0 Å². The average molecular weight is 211 g/mol. The molecule has 0 amide bonds. The number of hydrogen-bond acceptors (Lipinski definition) is 7. The average Bonchev–Trinajstić information content (AvgIpc) is 2.75. The van der Waals surface area contributed by atoms with Gasteiger partial charge in [0.25, 0.3) is 0 Å². The quantitative estimate of drug-likeness (QED) is 0.794. The summed E-state index contributed by atoms with van der Waals surface area (Å²) in [7, 11) is 0. The van der Waals surface area contributed by atoms with Crippen molar-refractivity contribution in [3.63, 3.8) is 0 Å². The molecule has 3 N–H and O–H groups in total. The molecule has 0 aliphatic rings. The van der Waals surface area contributed by atoms with Crippen LogP contribution in [0.25, 0.3) is 0 Å². The van der Waals surface area contributed by atoms with E-state index in [1.54, 1.807) is 17.5 Å². The van der Waals surface area contributed by atoms with Crippen molar-refractivity contribution in [2.75, 3.05) is 11.1 Å². The molecule has 1 atom stereocenters. The van der Waals surface area contributed by atoms with E-state index in [0.29, 0.717) is 6.01 Å². The number of nitrogens with zero attached hydrogens (tertiary/aromatic N) is 3. The van der Waals surface area contributed by atoms with Crippen LogP contribution in [0.5, 0.6) is 0 Å². The van der Waals surface area contributed by atoms with Crippen LogP contribution in [0.4, 0.5) is 12.0 Å². The van der Waals surface area contributed by atoms with Gasteiger partial charge in [0.05, 0.1) is 6.04 Å². The predicted octanol–water partition coefficient (Wildman–Crippen LogP) is 1.28. The van der Waals surface area contributed by atoms with Crippen molar-refractivity contribution in [3.8, 4) is 0 Å². The first-order valence-electron chi connectivity index (χ1n) is 4.00. The highest BCUT2D eigenvalue weighted by atomic mass is 32.1. The predicted molar refractivity (Wildman–Crippen MR) is 52.9 cm³/mol. The minimum absolute atomic E-state index is 0.0369. The molecule has 14 heavy (non-hydrogen) atoms. The molecule has 0 radical (unpaired) electrons. The molecule has 0 saturated heterocycles. The van der Waals surface area contributed by atoms with E-state index in [1.807, 2.05) is 12.3 Å². The van der Waals surface area contributed by atoms with E-state index in [1.165, 1.54) is 0 Å². The molecule has 2 heterocycles. The fourth-order valence-corrected chi connectivity index (χ4v) is 1.63. The second kappa shape index (κ2) is 3.62. The molecule has 0 aliphatic carbocycles. The highest BCUT2D eigenvalue weighted by Crippen LogP contribution is 2.19. The molecule has 2 aromatic rings. The van der Waals surface area contributed by atoms with E-state index in [2.05, 4.69) is 20.5 Å². The molecule has 0 spiro atoms. The standard InChI is InChI=1S/C7H9N5OS/c1-4(5-9-2-3-14-5)10-7-12-11-6(8)13-7/h2-4H,1H3,(H2,8,11)(H,10,12). The molecule has 1 unspecified atom stereocenters. The van der Waals surface area contributed by atoms with Crippen LogP contribution in [-0.2, 0) is 0 Å². The van der Waals surface area contributed by atoms with Crippen LogP contribution in [0.2, 0.25) is 0 Å². The zero-order chi connectivity index (χ0) is 9.97. The van der Waals surface area contributed by atoms with Crippen molar-refractivity contribution >= 4 is 23.4 Å². The van der Waals surface area contributed by atoms with Crippen LogP contribution >= 0.6 is 11.3 Å². The summed E-state index contributed by atoms with van der Waals surface area (Å²) >= 11 is 1.56. The Morgan fingerprint density at radius 1 is 1.57 bits per heavy atom.